The monoisotopic (exact) mass is 396 g/mol. The highest BCUT2D eigenvalue weighted by Gasteiger charge is 2.35. The lowest BCUT2D eigenvalue weighted by Crippen LogP contribution is -2.32. The van der Waals surface area contributed by atoms with Gasteiger partial charge in [-0.2, -0.15) is 18.3 Å². The molecule has 9 heteroatoms. The Balaban J connectivity index is 2.13. The molecule has 1 atom stereocenters. The SMILES string of the molecule is CC[C@@H](C)NC(=O)c1cc2nc(-c3ccc(Cl)cc3)cc(C(F)(F)F)n2n1. The number of hydrogen-bond acceptors (Lipinski definition) is 3. The van der Waals surface area contributed by atoms with Gasteiger partial charge in [0.15, 0.2) is 17.0 Å². The summed E-state index contributed by atoms with van der Waals surface area (Å²) < 4.78 is 41.3. The number of rotatable bonds is 4. The molecule has 0 aliphatic carbocycles. The van der Waals surface area contributed by atoms with E-state index in [1.807, 2.05) is 6.92 Å². The third-order valence-corrected chi connectivity index (χ3v) is 4.33. The zero-order chi connectivity index (χ0) is 19.8. The fourth-order valence-electron chi connectivity index (χ4n) is 2.46. The average molecular weight is 397 g/mol. The predicted molar refractivity (Wildman–Crippen MR) is 95.7 cm³/mol. The van der Waals surface area contributed by atoms with Crippen molar-refractivity contribution < 1.29 is 18.0 Å². The predicted octanol–water partition coefficient (Wildman–Crippen LogP) is 4.60. The zero-order valence-electron chi connectivity index (χ0n) is 14.5. The van der Waals surface area contributed by atoms with Crippen LogP contribution in [-0.4, -0.2) is 26.5 Å². The van der Waals surface area contributed by atoms with Crippen LogP contribution in [0.15, 0.2) is 36.4 Å². The molecule has 1 aromatic carbocycles. The molecule has 0 unspecified atom stereocenters. The lowest BCUT2D eigenvalue weighted by atomic mass is 10.1. The Morgan fingerprint density at radius 1 is 1.26 bits per heavy atom. The first-order valence-electron chi connectivity index (χ1n) is 8.24. The molecule has 0 bridgehead atoms. The van der Waals surface area contributed by atoms with Gasteiger partial charge in [-0.05, 0) is 31.5 Å². The fraction of sp³-hybridized carbons (Fsp3) is 0.278. The number of halogens is 4. The maximum Gasteiger partial charge on any atom is 0.433 e. The molecule has 2 heterocycles. The van der Waals surface area contributed by atoms with E-state index in [2.05, 4.69) is 15.4 Å². The number of nitrogens with one attached hydrogen (secondary N) is 1. The van der Waals surface area contributed by atoms with Crippen LogP contribution in [0.25, 0.3) is 16.9 Å². The molecule has 0 aliphatic heterocycles. The molecule has 5 nitrogen and oxygen atoms in total. The zero-order valence-corrected chi connectivity index (χ0v) is 15.3. The van der Waals surface area contributed by atoms with Crippen LogP contribution in [0.5, 0.6) is 0 Å². The molecule has 1 amide bonds. The molecule has 2 aromatic heterocycles. The largest absolute Gasteiger partial charge is 0.433 e. The van der Waals surface area contributed by atoms with Gasteiger partial charge in [-0.15, -0.1) is 0 Å². The number of carbonyl (C=O) groups excluding carboxylic acids is 1. The van der Waals surface area contributed by atoms with E-state index >= 15 is 0 Å². The number of nitrogens with zero attached hydrogens (tertiary/aromatic N) is 3. The van der Waals surface area contributed by atoms with E-state index in [9.17, 15) is 18.0 Å². The topological polar surface area (TPSA) is 59.3 Å². The molecular formula is C18H16ClF3N4O. The van der Waals surface area contributed by atoms with Crippen molar-refractivity contribution in [2.45, 2.75) is 32.5 Å². The van der Waals surface area contributed by atoms with Crippen LogP contribution in [0.3, 0.4) is 0 Å². The molecule has 0 fully saturated rings. The van der Waals surface area contributed by atoms with Gasteiger partial charge in [-0.1, -0.05) is 30.7 Å². The molecule has 0 aliphatic rings. The summed E-state index contributed by atoms with van der Waals surface area (Å²) in [5.74, 6) is -0.545. The molecule has 0 saturated carbocycles. The second-order valence-electron chi connectivity index (χ2n) is 6.11. The smallest absolute Gasteiger partial charge is 0.348 e. The number of amides is 1. The van der Waals surface area contributed by atoms with Gasteiger partial charge in [-0.25, -0.2) is 9.50 Å². The second-order valence-corrected chi connectivity index (χ2v) is 6.55. The van der Waals surface area contributed by atoms with E-state index in [0.717, 1.165) is 6.07 Å². The lowest BCUT2D eigenvalue weighted by molar-refractivity contribution is -0.142. The second kappa shape index (κ2) is 7.19. The Hall–Kier alpha value is -2.61. The van der Waals surface area contributed by atoms with E-state index < -0.39 is 17.8 Å². The summed E-state index contributed by atoms with van der Waals surface area (Å²) in [6, 6.07) is 8.31. The van der Waals surface area contributed by atoms with Crippen LogP contribution < -0.4 is 5.32 Å². The number of carbonyl (C=O) groups is 1. The molecule has 0 radical (unpaired) electrons. The Morgan fingerprint density at radius 2 is 1.93 bits per heavy atom. The summed E-state index contributed by atoms with van der Waals surface area (Å²) in [6.07, 6.45) is -3.98. The molecule has 3 aromatic rings. The van der Waals surface area contributed by atoms with Crippen molar-refractivity contribution in [2.75, 3.05) is 0 Å². The molecule has 0 saturated heterocycles. The fourth-order valence-corrected chi connectivity index (χ4v) is 2.58. The van der Waals surface area contributed by atoms with Gasteiger partial charge in [0.05, 0.1) is 5.69 Å². The maximum absolute atomic E-state index is 13.5. The van der Waals surface area contributed by atoms with Gasteiger partial charge in [0.2, 0.25) is 0 Å². The summed E-state index contributed by atoms with van der Waals surface area (Å²) in [5.41, 5.74) is -0.620. The summed E-state index contributed by atoms with van der Waals surface area (Å²) in [5, 5.41) is 6.96. The van der Waals surface area contributed by atoms with Crippen molar-refractivity contribution in [3.8, 4) is 11.3 Å². The van der Waals surface area contributed by atoms with E-state index in [-0.39, 0.29) is 23.1 Å². The Kier molecular flexibility index (Phi) is 5.10. The van der Waals surface area contributed by atoms with Crippen LogP contribution >= 0.6 is 11.6 Å². The standard InChI is InChI=1S/C18H16ClF3N4O/c1-3-10(2)23-17(27)14-9-16-24-13(11-4-6-12(19)7-5-11)8-15(18(20,21)22)26(16)25-14/h4-10H,3H2,1-2H3,(H,23,27)/t10-/m1/s1. The molecule has 142 valence electrons. The third-order valence-electron chi connectivity index (χ3n) is 4.08. The number of aromatic nitrogens is 3. The van der Waals surface area contributed by atoms with Crippen LogP contribution in [0.4, 0.5) is 13.2 Å². The summed E-state index contributed by atoms with van der Waals surface area (Å²) in [7, 11) is 0. The van der Waals surface area contributed by atoms with Gasteiger partial charge in [-0.3, -0.25) is 4.79 Å². The van der Waals surface area contributed by atoms with Crippen molar-refractivity contribution in [3.05, 3.63) is 52.8 Å². The molecular weight excluding hydrogens is 381 g/mol. The van der Waals surface area contributed by atoms with Gasteiger partial charge >= 0.3 is 6.18 Å². The van der Waals surface area contributed by atoms with Crippen molar-refractivity contribution in [3.63, 3.8) is 0 Å². The minimum absolute atomic E-state index is 0.0657. The molecule has 3 rings (SSSR count). The van der Waals surface area contributed by atoms with Crippen LogP contribution in [-0.2, 0) is 6.18 Å². The summed E-state index contributed by atoms with van der Waals surface area (Å²) in [4.78, 5) is 16.5. The van der Waals surface area contributed by atoms with Gasteiger partial charge < -0.3 is 5.32 Å². The highest BCUT2D eigenvalue weighted by molar-refractivity contribution is 6.30. The number of hydrogen-bond donors (Lipinski definition) is 1. The minimum atomic E-state index is -4.67. The van der Waals surface area contributed by atoms with Crippen molar-refractivity contribution in [1.29, 1.82) is 0 Å². The van der Waals surface area contributed by atoms with E-state index in [0.29, 0.717) is 21.5 Å². The molecule has 27 heavy (non-hydrogen) atoms. The minimum Gasteiger partial charge on any atom is -0.348 e. The maximum atomic E-state index is 13.5. The van der Waals surface area contributed by atoms with E-state index in [1.54, 1.807) is 31.2 Å². The molecule has 1 N–H and O–H groups in total. The highest BCUT2D eigenvalue weighted by atomic mass is 35.5. The quantitative estimate of drug-likeness (QED) is 0.701. The van der Waals surface area contributed by atoms with Crippen LogP contribution in [0.2, 0.25) is 5.02 Å². The number of alkyl halides is 3. The third kappa shape index (κ3) is 4.05. The van der Waals surface area contributed by atoms with Gasteiger partial charge in [0.25, 0.3) is 5.91 Å². The van der Waals surface area contributed by atoms with Crippen molar-refractivity contribution >= 4 is 23.2 Å². The van der Waals surface area contributed by atoms with Gasteiger partial charge in [0, 0.05) is 22.7 Å². The number of fused-ring (bicyclic) bond motifs is 1. The van der Waals surface area contributed by atoms with E-state index in [1.165, 1.54) is 6.07 Å². The first kappa shape index (κ1) is 19.2. The molecule has 0 spiro atoms. The summed E-state index contributed by atoms with van der Waals surface area (Å²) in [6.45, 7) is 3.68. The average Bonchev–Trinajstić information content (AvgIpc) is 3.04. The first-order chi connectivity index (χ1) is 12.7. The van der Waals surface area contributed by atoms with E-state index in [4.69, 9.17) is 11.6 Å². The van der Waals surface area contributed by atoms with Crippen molar-refractivity contribution in [2.24, 2.45) is 0 Å². The Bertz CT molecular complexity index is 983. The van der Waals surface area contributed by atoms with Crippen LogP contribution in [0.1, 0.15) is 36.5 Å². The van der Waals surface area contributed by atoms with Crippen molar-refractivity contribution in [1.82, 2.24) is 19.9 Å². The Morgan fingerprint density at radius 3 is 2.52 bits per heavy atom. The highest BCUT2D eigenvalue weighted by Crippen LogP contribution is 2.32. The summed E-state index contributed by atoms with van der Waals surface area (Å²) >= 11 is 5.83. The number of benzene rings is 1. The van der Waals surface area contributed by atoms with Gasteiger partial charge in [0.1, 0.15) is 0 Å². The Labute approximate surface area is 158 Å². The normalized spacial score (nSPS) is 13.0. The van der Waals surface area contributed by atoms with Crippen LogP contribution in [0, 0.1) is 0 Å². The lowest BCUT2D eigenvalue weighted by Gasteiger charge is -2.11. The first-order valence-corrected chi connectivity index (χ1v) is 8.61.